The Morgan fingerprint density at radius 2 is 2.12 bits per heavy atom. The van der Waals surface area contributed by atoms with Crippen molar-refractivity contribution in [3.8, 4) is 0 Å². The summed E-state index contributed by atoms with van der Waals surface area (Å²) < 4.78 is 4.14. The summed E-state index contributed by atoms with van der Waals surface area (Å²) >= 11 is 0. The summed E-state index contributed by atoms with van der Waals surface area (Å²) in [6.07, 6.45) is 0. The standard InChI is InChI=1S/C3H7NO2.2Na.2H/c1-6-3(5)2-4;;;;/h2,4H2,1H3;;;;/q;2*+1;2*-1. The first-order valence-electron chi connectivity index (χ1n) is 1.58. The first-order chi connectivity index (χ1) is 2.81. The molecule has 5 heteroatoms. The molecule has 0 aliphatic carbocycles. The van der Waals surface area contributed by atoms with Crippen LogP contribution < -0.4 is 64.8 Å². The molecule has 0 radical (unpaired) electrons. The Balaban J connectivity index is -0.0000000208. The van der Waals surface area contributed by atoms with Crippen molar-refractivity contribution in [1.82, 2.24) is 0 Å². The van der Waals surface area contributed by atoms with Gasteiger partial charge in [0.1, 0.15) is 0 Å². The van der Waals surface area contributed by atoms with E-state index in [1.165, 1.54) is 7.11 Å². The maximum Gasteiger partial charge on any atom is 1.00 e. The summed E-state index contributed by atoms with van der Waals surface area (Å²) in [5.74, 6) is -0.380. The van der Waals surface area contributed by atoms with Crippen LogP contribution in [0.3, 0.4) is 0 Å². The molecule has 40 valence electrons. The topological polar surface area (TPSA) is 52.3 Å². The normalized spacial score (nSPS) is 5.75. The molecule has 0 spiro atoms. The van der Waals surface area contributed by atoms with Crippen molar-refractivity contribution in [3.05, 3.63) is 0 Å². The molecule has 0 bridgehead atoms. The minimum absolute atomic E-state index is 0. The molecule has 0 aliphatic heterocycles. The molecule has 0 saturated carbocycles. The zero-order valence-electron chi connectivity index (χ0n) is 7.60. The summed E-state index contributed by atoms with van der Waals surface area (Å²) in [6.45, 7) is -0.0312. The number of nitrogens with two attached hydrogens (primary N) is 1. The Morgan fingerprint density at radius 1 is 1.75 bits per heavy atom. The first-order valence-corrected chi connectivity index (χ1v) is 1.58. The molecular formula is C3H9NNa2O2. The number of hydrogen-bond acceptors (Lipinski definition) is 3. The molecule has 0 rings (SSSR count). The van der Waals surface area contributed by atoms with Gasteiger partial charge in [-0.15, -0.1) is 0 Å². The van der Waals surface area contributed by atoms with Crippen LogP contribution in [0.2, 0.25) is 0 Å². The Labute approximate surface area is 95.9 Å². The molecule has 0 saturated heterocycles. The van der Waals surface area contributed by atoms with Gasteiger partial charge in [0.25, 0.3) is 0 Å². The van der Waals surface area contributed by atoms with Gasteiger partial charge in [-0.2, -0.15) is 0 Å². The van der Waals surface area contributed by atoms with Crippen LogP contribution in [0.4, 0.5) is 0 Å². The van der Waals surface area contributed by atoms with Gasteiger partial charge in [-0.3, -0.25) is 4.79 Å². The van der Waals surface area contributed by atoms with Crippen LogP contribution in [0, 0.1) is 0 Å². The number of hydrogen-bond donors (Lipinski definition) is 1. The number of carbonyl (C=O) groups excluding carboxylic acids is 1. The SMILES string of the molecule is COC(=O)CN.[H-].[H-].[Na+].[Na+]. The van der Waals surface area contributed by atoms with E-state index in [1.807, 2.05) is 0 Å². The third kappa shape index (κ3) is 10.4. The molecule has 0 aliphatic rings. The third-order valence-electron chi connectivity index (χ3n) is 0.394. The fourth-order valence-electron chi connectivity index (χ4n) is 0.0833. The molecule has 0 amide bonds. The molecule has 8 heavy (non-hydrogen) atoms. The van der Waals surface area contributed by atoms with E-state index in [0.717, 1.165) is 0 Å². The maximum atomic E-state index is 9.83. The Morgan fingerprint density at radius 3 is 2.12 bits per heavy atom. The average Bonchev–Trinajstić information content (AvgIpc) is 1.65. The zero-order chi connectivity index (χ0) is 4.99. The first kappa shape index (κ1) is 16.2. The van der Waals surface area contributed by atoms with E-state index in [-0.39, 0.29) is 74.5 Å². The van der Waals surface area contributed by atoms with Gasteiger partial charge in [0.05, 0.1) is 13.7 Å². The summed E-state index contributed by atoms with van der Waals surface area (Å²) in [6, 6.07) is 0. The molecule has 0 aromatic heterocycles. The second kappa shape index (κ2) is 11.3. The summed E-state index contributed by atoms with van der Waals surface area (Å²) in [5.41, 5.74) is 4.81. The molecule has 0 unspecified atom stereocenters. The van der Waals surface area contributed by atoms with Crippen molar-refractivity contribution in [2.75, 3.05) is 13.7 Å². The van der Waals surface area contributed by atoms with Crippen LogP contribution in [0.5, 0.6) is 0 Å². The average molecular weight is 137 g/mol. The molecule has 2 N–H and O–H groups in total. The van der Waals surface area contributed by atoms with E-state index < -0.39 is 0 Å². The van der Waals surface area contributed by atoms with Gasteiger partial charge in [-0.25, -0.2) is 0 Å². The summed E-state index contributed by atoms with van der Waals surface area (Å²) in [5, 5.41) is 0. The molecule has 0 fully saturated rings. The van der Waals surface area contributed by atoms with Crippen molar-refractivity contribution in [1.29, 1.82) is 0 Å². The number of esters is 1. The second-order valence-electron chi connectivity index (χ2n) is 0.780. The van der Waals surface area contributed by atoms with Crippen LogP contribution in [-0.4, -0.2) is 19.6 Å². The van der Waals surface area contributed by atoms with Crippen LogP contribution in [0.1, 0.15) is 2.85 Å². The third-order valence-corrected chi connectivity index (χ3v) is 0.394. The van der Waals surface area contributed by atoms with Crippen LogP contribution in [0.15, 0.2) is 0 Å². The summed E-state index contributed by atoms with van der Waals surface area (Å²) in [7, 11) is 1.30. The van der Waals surface area contributed by atoms with Gasteiger partial charge < -0.3 is 13.3 Å². The Bertz CT molecular complexity index is 60.5. The van der Waals surface area contributed by atoms with Crippen LogP contribution >= 0.6 is 0 Å². The van der Waals surface area contributed by atoms with Gasteiger partial charge in [0.15, 0.2) is 0 Å². The minimum Gasteiger partial charge on any atom is -1.00 e. The predicted octanol–water partition coefficient (Wildman–Crippen LogP) is -6.65. The van der Waals surface area contributed by atoms with Crippen molar-refractivity contribution in [2.45, 2.75) is 0 Å². The predicted molar refractivity (Wildman–Crippen MR) is 23.3 cm³/mol. The quantitative estimate of drug-likeness (QED) is 0.289. The van der Waals surface area contributed by atoms with E-state index in [2.05, 4.69) is 4.74 Å². The van der Waals surface area contributed by atoms with Gasteiger partial charge in [0, 0.05) is 0 Å². The molecule has 0 heterocycles. The molecule has 0 aromatic carbocycles. The maximum absolute atomic E-state index is 9.83. The Kier molecular flexibility index (Phi) is 22.8. The minimum atomic E-state index is -0.380. The van der Waals surface area contributed by atoms with Gasteiger partial charge in [-0.05, 0) is 0 Å². The number of ether oxygens (including phenoxy) is 1. The number of methoxy groups -OCH3 is 1. The second-order valence-corrected chi connectivity index (χ2v) is 0.780. The fraction of sp³-hybridized carbons (Fsp3) is 0.667. The Hall–Kier alpha value is 1.43. The van der Waals surface area contributed by atoms with Crippen molar-refractivity contribution < 1.29 is 71.5 Å². The number of rotatable bonds is 1. The van der Waals surface area contributed by atoms with Crippen LogP contribution in [-0.2, 0) is 9.53 Å². The van der Waals surface area contributed by atoms with Crippen LogP contribution in [0.25, 0.3) is 0 Å². The van der Waals surface area contributed by atoms with E-state index in [0.29, 0.717) is 0 Å². The monoisotopic (exact) mass is 137 g/mol. The van der Waals surface area contributed by atoms with E-state index >= 15 is 0 Å². The van der Waals surface area contributed by atoms with Crippen molar-refractivity contribution in [3.63, 3.8) is 0 Å². The summed E-state index contributed by atoms with van der Waals surface area (Å²) in [4.78, 5) is 9.83. The van der Waals surface area contributed by atoms with Gasteiger partial charge >= 0.3 is 65.1 Å². The van der Waals surface area contributed by atoms with Gasteiger partial charge in [-0.1, -0.05) is 0 Å². The van der Waals surface area contributed by atoms with Crippen molar-refractivity contribution in [2.24, 2.45) is 5.73 Å². The molecule has 3 nitrogen and oxygen atoms in total. The number of carbonyl (C=O) groups is 1. The smallest absolute Gasteiger partial charge is 1.00 e. The van der Waals surface area contributed by atoms with Gasteiger partial charge in [0.2, 0.25) is 0 Å². The van der Waals surface area contributed by atoms with Crippen molar-refractivity contribution >= 4 is 5.97 Å². The van der Waals surface area contributed by atoms with E-state index in [1.54, 1.807) is 0 Å². The largest absolute Gasteiger partial charge is 1.00 e. The zero-order valence-corrected chi connectivity index (χ0v) is 9.60. The van der Waals surface area contributed by atoms with E-state index in [4.69, 9.17) is 5.73 Å². The van der Waals surface area contributed by atoms with E-state index in [9.17, 15) is 4.79 Å². The molecule has 0 atom stereocenters. The fourth-order valence-corrected chi connectivity index (χ4v) is 0.0833. The molecular weight excluding hydrogens is 128 g/mol. The molecule has 0 aromatic rings.